The highest BCUT2D eigenvalue weighted by Gasteiger charge is 2.13. The van der Waals surface area contributed by atoms with Crippen LogP contribution in [0.1, 0.15) is 22.0 Å². The van der Waals surface area contributed by atoms with Crippen molar-refractivity contribution in [2.24, 2.45) is 0 Å². The van der Waals surface area contributed by atoms with Crippen molar-refractivity contribution in [1.82, 2.24) is 5.32 Å². The van der Waals surface area contributed by atoms with Gasteiger partial charge in [0, 0.05) is 12.1 Å². The minimum atomic E-state index is -0.671. The van der Waals surface area contributed by atoms with Crippen LogP contribution in [0.25, 0.3) is 10.8 Å². The van der Waals surface area contributed by atoms with Gasteiger partial charge in [0.15, 0.2) is 0 Å². The van der Waals surface area contributed by atoms with Crippen LogP contribution in [-0.4, -0.2) is 17.6 Å². The Bertz CT molecular complexity index is 747. The summed E-state index contributed by atoms with van der Waals surface area (Å²) < 4.78 is 0. The average Bonchev–Trinajstić information content (AvgIpc) is 3.06. The number of carbonyl (C=O) groups excluding carboxylic acids is 1. The number of nitrogens with one attached hydrogen (secondary N) is 1. The Kier molecular flexibility index (Phi) is 3.99. The van der Waals surface area contributed by atoms with Crippen molar-refractivity contribution >= 4 is 28.0 Å². The van der Waals surface area contributed by atoms with Crippen molar-refractivity contribution < 1.29 is 9.90 Å². The van der Waals surface area contributed by atoms with Crippen LogP contribution in [0.2, 0.25) is 0 Å². The van der Waals surface area contributed by atoms with Gasteiger partial charge in [-0.15, -0.1) is 0 Å². The number of carbonyl (C=O) groups is 1. The van der Waals surface area contributed by atoms with Gasteiger partial charge in [0.25, 0.3) is 5.91 Å². The van der Waals surface area contributed by atoms with Gasteiger partial charge < -0.3 is 10.4 Å². The summed E-state index contributed by atoms with van der Waals surface area (Å²) in [4.78, 5) is 12.3. The molecule has 3 nitrogen and oxygen atoms in total. The van der Waals surface area contributed by atoms with Crippen LogP contribution in [0.4, 0.5) is 0 Å². The molecule has 0 radical (unpaired) electrons. The third-order valence-electron chi connectivity index (χ3n) is 3.42. The van der Waals surface area contributed by atoms with Gasteiger partial charge in [-0.1, -0.05) is 36.4 Å². The molecule has 2 aromatic carbocycles. The van der Waals surface area contributed by atoms with Gasteiger partial charge in [-0.3, -0.25) is 4.79 Å². The number of benzene rings is 2. The second-order valence-corrected chi connectivity index (χ2v) is 5.59. The largest absolute Gasteiger partial charge is 0.387 e. The topological polar surface area (TPSA) is 49.3 Å². The number of thiophene rings is 1. The molecule has 1 unspecified atom stereocenters. The zero-order valence-corrected chi connectivity index (χ0v) is 12.1. The average molecular weight is 297 g/mol. The van der Waals surface area contributed by atoms with E-state index in [0.717, 1.165) is 16.3 Å². The molecule has 3 rings (SSSR count). The fourth-order valence-electron chi connectivity index (χ4n) is 2.29. The lowest BCUT2D eigenvalue weighted by molar-refractivity contribution is 0.0918. The van der Waals surface area contributed by atoms with Gasteiger partial charge in [-0.05, 0) is 39.2 Å². The van der Waals surface area contributed by atoms with Gasteiger partial charge in [0.2, 0.25) is 0 Å². The Morgan fingerprint density at radius 2 is 1.95 bits per heavy atom. The first kappa shape index (κ1) is 13.8. The number of amides is 1. The Balaban J connectivity index is 1.75. The van der Waals surface area contributed by atoms with Crippen molar-refractivity contribution in [3.8, 4) is 0 Å². The summed E-state index contributed by atoms with van der Waals surface area (Å²) in [5.74, 6) is -0.166. The SMILES string of the molecule is O=C(NCC(O)c1ccsc1)c1cccc2ccccc12. The predicted molar refractivity (Wildman–Crippen MR) is 85.6 cm³/mol. The summed E-state index contributed by atoms with van der Waals surface area (Å²) >= 11 is 1.53. The molecule has 1 atom stereocenters. The maximum atomic E-state index is 12.3. The van der Waals surface area contributed by atoms with Crippen LogP contribution in [-0.2, 0) is 0 Å². The first-order chi connectivity index (χ1) is 10.3. The first-order valence-corrected chi connectivity index (χ1v) is 7.66. The summed E-state index contributed by atoms with van der Waals surface area (Å²) in [6.07, 6.45) is -0.671. The maximum Gasteiger partial charge on any atom is 0.252 e. The maximum absolute atomic E-state index is 12.3. The quantitative estimate of drug-likeness (QED) is 0.775. The van der Waals surface area contributed by atoms with Crippen LogP contribution in [0, 0.1) is 0 Å². The third-order valence-corrected chi connectivity index (χ3v) is 4.12. The summed E-state index contributed by atoms with van der Waals surface area (Å²) in [7, 11) is 0. The lowest BCUT2D eigenvalue weighted by Gasteiger charge is -2.11. The van der Waals surface area contributed by atoms with Crippen molar-refractivity contribution in [1.29, 1.82) is 0 Å². The van der Waals surface area contributed by atoms with Gasteiger partial charge in [0.05, 0.1) is 6.10 Å². The van der Waals surface area contributed by atoms with E-state index in [9.17, 15) is 9.90 Å². The molecule has 2 N–H and O–H groups in total. The van der Waals surface area contributed by atoms with E-state index < -0.39 is 6.10 Å². The van der Waals surface area contributed by atoms with E-state index in [1.807, 2.05) is 53.2 Å². The van der Waals surface area contributed by atoms with Gasteiger partial charge in [-0.25, -0.2) is 0 Å². The van der Waals surface area contributed by atoms with Gasteiger partial charge >= 0.3 is 0 Å². The lowest BCUT2D eigenvalue weighted by atomic mass is 10.0. The number of hydrogen-bond donors (Lipinski definition) is 2. The third kappa shape index (κ3) is 2.96. The highest BCUT2D eigenvalue weighted by Crippen LogP contribution is 2.19. The number of aliphatic hydroxyl groups is 1. The van der Waals surface area contributed by atoms with E-state index in [2.05, 4.69) is 5.32 Å². The van der Waals surface area contributed by atoms with Crippen LogP contribution >= 0.6 is 11.3 Å². The molecule has 0 bridgehead atoms. The second kappa shape index (κ2) is 6.08. The zero-order chi connectivity index (χ0) is 14.7. The van der Waals surface area contributed by atoms with Crippen molar-refractivity contribution in [3.05, 3.63) is 70.4 Å². The Hall–Kier alpha value is -2.17. The second-order valence-electron chi connectivity index (χ2n) is 4.81. The summed E-state index contributed by atoms with van der Waals surface area (Å²) in [6.45, 7) is 0.207. The van der Waals surface area contributed by atoms with Crippen LogP contribution in [0.15, 0.2) is 59.3 Å². The molecule has 0 aliphatic heterocycles. The van der Waals surface area contributed by atoms with E-state index in [0.29, 0.717) is 5.56 Å². The Morgan fingerprint density at radius 3 is 2.76 bits per heavy atom. The van der Waals surface area contributed by atoms with Crippen molar-refractivity contribution in [3.63, 3.8) is 0 Å². The number of hydrogen-bond acceptors (Lipinski definition) is 3. The molecule has 1 amide bonds. The molecule has 0 aliphatic carbocycles. The number of fused-ring (bicyclic) bond motifs is 1. The van der Waals surface area contributed by atoms with Crippen molar-refractivity contribution in [2.75, 3.05) is 6.54 Å². The minimum Gasteiger partial charge on any atom is -0.387 e. The lowest BCUT2D eigenvalue weighted by Crippen LogP contribution is -2.28. The van der Waals surface area contributed by atoms with Crippen LogP contribution < -0.4 is 5.32 Å². The smallest absolute Gasteiger partial charge is 0.252 e. The fourth-order valence-corrected chi connectivity index (χ4v) is 3.00. The predicted octanol–water partition coefficient (Wildman–Crippen LogP) is 3.36. The molecular weight excluding hydrogens is 282 g/mol. The first-order valence-electron chi connectivity index (χ1n) is 6.72. The molecule has 0 spiro atoms. The molecule has 3 aromatic rings. The van der Waals surface area contributed by atoms with E-state index >= 15 is 0 Å². The molecular formula is C17H15NO2S. The van der Waals surface area contributed by atoms with E-state index in [1.54, 1.807) is 6.07 Å². The summed E-state index contributed by atoms with van der Waals surface area (Å²) in [6, 6.07) is 15.3. The van der Waals surface area contributed by atoms with Crippen LogP contribution in [0.3, 0.4) is 0 Å². The molecule has 0 saturated heterocycles. The monoisotopic (exact) mass is 297 g/mol. The fraction of sp³-hybridized carbons (Fsp3) is 0.118. The molecule has 21 heavy (non-hydrogen) atoms. The molecule has 0 aliphatic rings. The van der Waals surface area contributed by atoms with Gasteiger partial charge in [-0.2, -0.15) is 11.3 Å². The van der Waals surface area contributed by atoms with E-state index in [1.165, 1.54) is 11.3 Å². The number of rotatable bonds is 4. The molecule has 4 heteroatoms. The van der Waals surface area contributed by atoms with E-state index in [4.69, 9.17) is 0 Å². The standard InChI is InChI=1S/C17H15NO2S/c19-16(13-8-9-21-11-13)10-18-17(20)15-7-3-5-12-4-1-2-6-14(12)15/h1-9,11,16,19H,10H2,(H,18,20). The summed E-state index contributed by atoms with van der Waals surface area (Å²) in [5, 5.41) is 18.5. The molecule has 0 saturated carbocycles. The Morgan fingerprint density at radius 1 is 1.14 bits per heavy atom. The molecule has 1 aromatic heterocycles. The van der Waals surface area contributed by atoms with Crippen molar-refractivity contribution in [2.45, 2.75) is 6.10 Å². The number of aliphatic hydroxyl groups excluding tert-OH is 1. The normalized spacial score (nSPS) is 12.2. The molecule has 106 valence electrons. The molecule has 1 heterocycles. The minimum absolute atomic E-state index is 0.166. The summed E-state index contributed by atoms with van der Waals surface area (Å²) in [5.41, 5.74) is 1.46. The molecule has 0 fully saturated rings. The highest BCUT2D eigenvalue weighted by atomic mass is 32.1. The Labute approximate surface area is 126 Å². The van der Waals surface area contributed by atoms with Crippen LogP contribution in [0.5, 0.6) is 0 Å². The van der Waals surface area contributed by atoms with Gasteiger partial charge in [0.1, 0.15) is 0 Å². The zero-order valence-electron chi connectivity index (χ0n) is 11.3. The highest BCUT2D eigenvalue weighted by molar-refractivity contribution is 7.07. The van der Waals surface area contributed by atoms with E-state index in [-0.39, 0.29) is 12.5 Å².